The van der Waals surface area contributed by atoms with E-state index in [0.29, 0.717) is 38.9 Å². The van der Waals surface area contributed by atoms with E-state index in [9.17, 15) is 14.4 Å². The Bertz CT molecular complexity index is 1070. The molecule has 7 heteroatoms. The average molecular weight is 410 g/mol. The number of piperidine rings is 1. The van der Waals surface area contributed by atoms with Gasteiger partial charge in [-0.25, -0.2) is 0 Å². The Morgan fingerprint density at radius 2 is 1.86 bits per heavy atom. The van der Waals surface area contributed by atoms with Gasteiger partial charge >= 0.3 is 4.87 Å². The van der Waals surface area contributed by atoms with E-state index in [4.69, 9.17) is 0 Å². The van der Waals surface area contributed by atoms with Gasteiger partial charge in [-0.3, -0.25) is 14.4 Å². The van der Waals surface area contributed by atoms with Crippen LogP contribution in [0, 0.1) is 5.92 Å². The summed E-state index contributed by atoms with van der Waals surface area (Å²) in [6.45, 7) is 1.66. The molecule has 6 nitrogen and oxygen atoms in total. The molecule has 2 N–H and O–H groups in total. The van der Waals surface area contributed by atoms with Gasteiger partial charge in [0.15, 0.2) is 0 Å². The maximum Gasteiger partial charge on any atom is 0.304 e. The first-order chi connectivity index (χ1) is 14.1. The molecular weight excluding hydrogens is 386 g/mol. The Labute approximate surface area is 172 Å². The monoisotopic (exact) mass is 409 g/mol. The summed E-state index contributed by atoms with van der Waals surface area (Å²) in [5.41, 5.74) is 1.56. The number of amides is 2. The van der Waals surface area contributed by atoms with Crippen LogP contribution in [-0.2, 0) is 11.2 Å². The van der Waals surface area contributed by atoms with E-state index in [2.05, 4.69) is 10.3 Å². The van der Waals surface area contributed by atoms with Crippen LogP contribution in [-0.4, -0.2) is 41.3 Å². The minimum Gasteiger partial charge on any atom is -0.355 e. The third-order valence-electron chi connectivity index (χ3n) is 5.44. The lowest BCUT2D eigenvalue weighted by molar-refractivity contribution is -0.126. The topological polar surface area (TPSA) is 82.3 Å². The van der Waals surface area contributed by atoms with Gasteiger partial charge in [-0.2, -0.15) is 0 Å². The average Bonchev–Trinajstić information content (AvgIpc) is 3.18. The zero-order chi connectivity index (χ0) is 20.2. The summed E-state index contributed by atoms with van der Waals surface area (Å²) in [6.07, 6.45) is 1.94. The number of hydrogen-bond acceptors (Lipinski definition) is 4. The minimum atomic E-state index is -0.0758. The third-order valence-corrected chi connectivity index (χ3v) is 6.16. The minimum absolute atomic E-state index is 0.0276. The number of nitrogens with one attached hydrogen (secondary N) is 2. The fourth-order valence-corrected chi connectivity index (χ4v) is 4.44. The Kier molecular flexibility index (Phi) is 5.76. The van der Waals surface area contributed by atoms with Gasteiger partial charge in [-0.05, 0) is 29.7 Å². The van der Waals surface area contributed by atoms with Crippen LogP contribution in [0.5, 0.6) is 0 Å². The smallest absolute Gasteiger partial charge is 0.304 e. The SMILES string of the molecule is O=C(NCCc1csc(=O)[nH]1)C1CCN(C(=O)c2cccc3ccccc23)CC1. The van der Waals surface area contributed by atoms with Crippen molar-refractivity contribution in [2.45, 2.75) is 19.3 Å². The van der Waals surface area contributed by atoms with Crippen LogP contribution in [0.4, 0.5) is 0 Å². The highest BCUT2D eigenvalue weighted by atomic mass is 32.1. The molecule has 0 saturated carbocycles. The number of thiazole rings is 1. The largest absolute Gasteiger partial charge is 0.355 e. The number of H-pyrrole nitrogens is 1. The van der Waals surface area contributed by atoms with E-state index in [0.717, 1.165) is 33.4 Å². The number of aromatic amines is 1. The molecule has 29 heavy (non-hydrogen) atoms. The molecule has 2 amide bonds. The van der Waals surface area contributed by atoms with Crippen molar-refractivity contribution in [1.82, 2.24) is 15.2 Å². The number of benzene rings is 2. The van der Waals surface area contributed by atoms with Gasteiger partial charge in [0.05, 0.1) is 0 Å². The van der Waals surface area contributed by atoms with Crippen LogP contribution < -0.4 is 10.2 Å². The second-order valence-corrected chi connectivity index (χ2v) is 8.15. The molecule has 0 spiro atoms. The molecule has 0 bridgehead atoms. The normalized spacial score (nSPS) is 14.8. The van der Waals surface area contributed by atoms with E-state index in [1.54, 1.807) is 5.38 Å². The van der Waals surface area contributed by atoms with Crippen LogP contribution in [0.3, 0.4) is 0 Å². The number of likely N-dealkylation sites (tertiary alicyclic amines) is 1. The van der Waals surface area contributed by atoms with Crippen molar-refractivity contribution in [3.63, 3.8) is 0 Å². The summed E-state index contributed by atoms with van der Waals surface area (Å²) in [4.78, 5) is 41.1. The zero-order valence-corrected chi connectivity index (χ0v) is 16.8. The van der Waals surface area contributed by atoms with Crippen molar-refractivity contribution < 1.29 is 9.59 Å². The predicted octanol–water partition coefficient (Wildman–Crippen LogP) is 2.80. The number of carbonyl (C=O) groups is 2. The summed E-state index contributed by atoms with van der Waals surface area (Å²) >= 11 is 1.13. The summed E-state index contributed by atoms with van der Waals surface area (Å²) < 4.78 is 0. The molecule has 0 unspecified atom stereocenters. The van der Waals surface area contributed by atoms with Gasteiger partial charge in [-0.15, -0.1) is 0 Å². The number of hydrogen-bond donors (Lipinski definition) is 2. The van der Waals surface area contributed by atoms with Gasteiger partial charge in [0.25, 0.3) is 5.91 Å². The number of fused-ring (bicyclic) bond motifs is 1. The lowest BCUT2D eigenvalue weighted by Gasteiger charge is -2.31. The second kappa shape index (κ2) is 8.61. The van der Waals surface area contributed by atoms with E-state index >= 15 is 0 Å². The van der Waals surface area contributed by atoms with E-state index < -0.39 is 0 Å². The molecular formula is C22H23N3O3S. The third kappa shape index (κ3) is 4.40. The quantitative estimate of drug-likeness (QED) is 0.680. The Hall–Kier alpha value is -2.93. The fraction of sp³-hybridized carbons (Fsp3) is 0.318. The summed E-state index contributed by atoms with van der Waals surface area (Å²) in [6, 6.07) is 13.7. The van der Waals surface area contributed by atoms with Crippen LogP contribution in [0.1, 0.15) is 28.9 Å². The molecule has 2 aromatic carbocycles. The Morgan fingerprint density at radius 1 is 1.10 bits per heavy atom. The van der Waals surface area contributed by atoms with Gasteiger partial charge in [0, 0.05) is 48.6 Å². The van der Waals surface area contributed by atoms with Crippen LogP contribution in [0.25, 0.3) is 10.8 Å². The first-order valence-corrected chi connectivity index (χ1v) is 10.7. The molecule has 150 valence electrons. The molecule has 1 aliphatic rings. The van der Waals surface area contributed by atoms with Gasteiger partial charge in [0.1, 0.15) is 0 Å². The predicted molar refractivity (Wildman–Crippen MR) is 114 cm³/mol. The first kappa shape index (κ1) is 19.4. The molecule has 1 aliphatic heterocycles. The lowest BCUT2D eigenvalue weighted by Crippen LogP contribution is -2.43. The van der Waals surface area contributed by atoms with Crippen molar-refractivity contribution >= 4 is 33.9 Å². The van der Waals surface area contributed by atoms with Gasteiger partial charge in [-0.1, -0.05) is 47.7 Å². The van der Waals surface area contributed by atoms with Crippen molar-refractivity contribution in [3.05, 3.63) is 68.8 Å². The summed E-state index contributed by atoms with van der Waals surface area (Å²) in [5, 5.41) is 6.75. The van der Waals surface area contributed by atoms with E-state index in [1.165, 1.54) is 0 Å². The standard InChI is InChI=1S/C22H23N3O3S/c26-20(23-11-8-17-14-29-22(28)24-17)16-9-12-25(13-10-16)21(27)19-7-3-5-15-4-1-2-6-18(15)19/h1-7,14,16H,8-13H2,(H,23,26)(H,24,28). The summed E-state index contributed by atoms with van der Waals surface area (Å²) in [7, 11) is 0. The van der Waals surface area contributed by atoms with E-state index in [-0.39, 0.29) is 22.6 Å². The highest BCUT2D eigenvalue weighted by Crippen LogP contribution is 2.23. The van der Waals surface area contributed by atoms with Crippen molar-refractivity contribution in [2.24, 2.45) is 5.92 Å². The molecule has 0 radical (unpaired) electrons. The number of rotatable bonds is 5. The van der Waals surface area contributed by atoms with Crippen LogP contribution in [0.15, 0.2) is 52.6 Å². The van der Waals surface area contributed by atoms with Crippen molar-refractivity contribution in [3.8, 4) is 0 Å². The molecule has 1 fully saturated rings. The van der Waals surface area contributed by atoms with Crippen molar-refractivity contribution in [1.29, 1.82) is 0 Å². The zero-order valence-electron chi connectivity index (χ0n) is 16.0. The molecule has 3 aromatic rings. The van der Waals surface area contributed by atoms with E-state index in [1.807, 2.05) is 47.4 Å². The molecule has 1 saturated heterocycles. The maximum atomic E-state index is 13.0. The van der Waals surface area contributed by atoms with Crippen LogP contribution in [0.2, 0.25) is 0 Å². The lowest BCUT2D eigenvalue weighted by atomic mass is 9.94. The molecule has 2 heterocycles. The maximum absolute atomic E-state index is 13.0. The highest BCUT2D eigenvalue weighted by Gasteiger charge is 2.28. The van der Waals surface area contributed by atoms with Gasteiger partial charge in [0.2, 0.25) is 5.91 Å². The first-order valence-electron chi connectivity index (χ1n) is 9.83. The van der Waals surface area contributed by atoms with Crippen LogP contribution >= 0.6 is 11.3 Å². The molecule has 4 rings (SSSR count). The fourth-order valence-electron chi connectivity index (χ4n) is 3.83. The number of aromatic nitrogens is 1. The summed E-state index contributed by atoms with van der Waals surface area (Å²) in [5.74, 6) is -0.0185. The number of carbonyl (C=O) groups excluding carboxylic acids is 2. The number of nitrogens with zero attached hydrogens (tertiary/aromatic N) is 1. The second-order valence-electron chi connectivity index (χ2n) is 7.31. The molecule has 1 aromatic heterocycles. The Morgan fingerprint density at radius 3 is 2.62 bits per heavy atom. The van der Waals surface area contributed by atoms with Gasteiger partial charge < -0.3 is 15.2 Å². The Balaban J connectivity index is 1.31. The van der Waals surface area contributed by atoms with Crippen molar-refractivity contribution in [2.75, 3.05) is 19.6 Å². The highest BCUT2D eigenvalue weighted by molar-refractivity contribution is 7.07. The molecule has 0 atom stereocenters. The molecule has 0 aliphatic carbocycles.